The number of furan rings is 1. The average molecular weight is 390 g/mol. The molecule has 1 heterocycles. The fourth-order valence-corrected chi connectivity index (χ4v) is 4.39. The molecule has 1 aromatic heterocycles. The van der Waals surface area contributed by atoms with E-state index in [1.807, 2.05) is 42.5 Å². The summed E-state index contributed by atoms with van der Waals surface area (Å²) < 4.78 is 12.4. The van der Waals surface area contributed by atoms with Gasteiger partial charge in [-0.15, -0.1) is 0 Å². The zero-order valence-corrected chi connectivity index (χ0v) is 16.8. The van der Waals surface area contributed by atoms with E-state index in [1.165, 1.54) is 0 Å². The Kier molecular flexibility index (Phi) is 4.61. The van der Waals surface area contributed by atoms with Crippen LogP contribution in [0.15, 0.2) is 120 Å². The van der Waals surface area contributed by atoms with Crippen LogP contribution in [0.5, 0.6) is 5.75 Å². The Morgan fingerprint density at radius 2 is 1.20 bits per heavy atom. The van der Waals surface area contributed by atoms with Crippen LogP contribution in [-0.2, 0) is 5.41 Å². The van der Waals surface area contributed by atoms with Crippen molar-refractivity contribution in [1.29, 1.82) is 0 Å². The van der Waals surface area contributed by atoms with Crippen LogP contribution in [-0.4, -0.2) is 7.11 Å². The minimum Gasteiger partial charge on any atom is -0.496 e. The Balaban J connectivity index is 1.95. The largest absolute Gasteiger partial charge is 0.496 e. The van der Waals surface area contributed by atoms with Gasteiger partial charge in [0, 0.05) is 10.9 Å². The summed E-state index contributed by atoms with van der Waals surface area (Å²) >= 11 is 0. The first-order valence-electron chi connectivity index (χ1n) is 10.1. The molecule has 146 valence electrons. The maximum atomic E-state index is 6.54. The average Bonchev–Trinajstić information content (AvgIpc) is 3.26. The lowest BCUT2D eigenvalue weighted by Gasteiger charge is -2.35. The normalized spacial score (nSPS) is 11.5. The molecule has 2 nitrogen and oxygen atoms in total. The molecule has 0 saturated heterocycles. The second-order valence-corrected chi connectivity index (χ2v) is 7.33. The summed E-state index contributed by atoms with van der Waals surface area (Å²) in [7, 11) is 1.72. The Morgan fingerprint density at radius 1 is 0.633 bits per heavy atom. The molecule has 0 bridgehead atoms. The molecule has 30 heavy (non-hydrogen) atoms. The highest BCUT2D eigenvalue weighted by Gasteiger charge is 2.43. The molecule has 0 fully saturated rings. The number of para-hydroxylation sites is 2. The fourth-order valence-electron chi connectivity index (χ4n) is 4.39. The summed E-state index contributed by atoms with van der Waals surface area (Å²) in [6.07, 6.45) is 0. The first-order chi connectivity index (χ1) is 14.8. The predicted molar refractivity (Wildman–Crippen MR) is 121 cm³/mol. The first-order valence-corrected chi connectivity index (χ1v) is 10.1. The van der Waals surface area contributed by atoms with Crippen LogP contribution in [0.1, 0.15) is 22.5 Å². The van der Waals surface area contributed by atoms with Gasteiger partial charge in [-0.05, 0) is 29.3 Å². The predicted octanol–water partition coefficient (Wildman–Crippen LogP) is 6.82. The van der Waals surface area contributed by atoms with E-state index in [0.29, 0.717) is 0 Å². The van der Waals surface area contributed by atoms with Crippen LogP contribution in [0.3, 0.4) is 0 Å². The summed E-state index contributed by atoms with van der Waals surface area (Å²) in [6.45, 7) is 0. The van der Waals surface area contributed by atoms with Crippen LogP contribution in [0.2, 0.25) is 0 Å². The van der Waals surface area contributed by atoms with Crippen LogP contribution < -0.4 is 4.74 Å². The molecular formula is C28H22O2. The van der Waals surface area contributed by atoms with Crippen molar-refractivity contribution in [2.75, 3.05) is 7.11 Å². The molecule has 0 spiro atoms. The van der Waals surface area contributed by atoms with Crippen molar-refractivity contribution in [3.8, 4) is 5.75 Å². The van der Waals surface area contributed by atoms with E-state index >= 15 is 0 Å². The molecule has 4 aromatic carbocycles. The third kappa shape index (κ3) is 2.81. The topological polar surface area (TPSA) is 22.4 Å². The number of fused-ring (bicyclic) bond motifs is 1. The Hall–Kier alpha value is -3.78. The van der Waals surface area contributed by atoms with E-state index in [0.717, 1.165) is 39.2 Å². The van der Waals surface area contributed by atoms with Crippen LogP contribution >= 0.6 is 0 Å². The van der Waals surface area contributed by atoms with Gasteiger partial charge >= 0.3 is 0 Å². The molecule has 0 aliphatic carbocycles. The molecule has 0 radical (unpaired) electrons. The summed E-state index contributed by atoms with van der Waals surface area (Å²) in [4.78, 5) is 0. The summed E-state index contributed by atoms with van der Waals surface area (Å²) in [5.41, 5.74) is 3.51. The number of ether oxygens (including phenoxy) is 1. The van der Waals surface area contributed by atoms with Crippen LogP contribution in [0.25, 0.3) is 11.0 Å². The second-order valence-electron chi connectivity index (χ2n) is 7.33. The molecule has 0 aliphatic rings. The molecule has 0 N–H and O–H groups in total. The third-order valence-corrected chi connectivity index (χ3v) is 5.72. The van der Waals surface area contributed by atoms with Crippen molar-refractivity contribution in [3.63, 3.8) is 0 Å². The van der Waals surface area contributed by atoms with E-state index in [2.05, 4.69) is 72.8 Å². The zero-order valence-electron chi connectivity index (χ0n) is 16.8. The highest BCUT2D eigenvalue weighted by molar-refractivity contribution is 5.79. The number of benzene rings is 4. The lowest BCUT2D eigenvalue weighted by atomic mass is 9.67. The van der Waals surface area contributed by atoms with E-state index in [4.69, 9.17) is 9.15 Å². The molecule has 2 heteroatoms. The van der Waals surface area contributed by atoms with Gasteiger partial charge in [0.2, 0.25) is 0 Å². The van der Waals surface area contributed by atoms with Crippen molar-refractivity contribution in [1.82, 2.24) is 0 Å². The lowest BCUT2D eigenvalue weighted by molar-refractivity contribution is 0.398. The summed E-state index contributed by atoms with van der Waals surface area (Å²) in [5.74, 6) is 1.69. The minimum atomic E-state index is -0.659. The lowest BCUT2D eigenvalue weighted by Crippen LogP contribution is -2.31. The van der Waals surface area contributed by atoms with Crippen molar-refractivity contribution in [2.45, 2.75) is 5.41 Å². The molecule has 5 rings (SSSR count). The van der Waals surface area contributed by atoms with Crippen molar-refractivity contribution in [3.05, 3.63) is 138 Å². The van der Waals surface area contributed by atoms with E-state index in [-0.39, 0.29) is 0 Å². The standard InChI is InChI=1S/C28H22O2/c1-29-26-19-11-9-17-24(26)28(22-13-4-2-5-14-22,23-15-6-3-7-16-23)27-20-21-12-8-10-18-25(21)30-27/h2-20H,1H3. The smallest absolute Gasteiger partial charge is 0.134 e. The number of methoxy groups -OCH3 is 1. The van der Waals surface area contributed by atoms with Gasteiger partial charge in [0.1, 0.15) is 22.5 Å². The molecule has 0 amide bonds. The highest BCUT2D eigenvalue weighted by Crippen LogP contribution is 2.49. The second kappa shape index (κ2) is 7.57. The molecular weight excluding hydrogens is 368 g/mol. The summed E-state index contributed by atoms with van der Waals surface area (Å²) in [5, 5.41) is 1.08. The van der Waals surface area contributed by atoms with Gasteiger partial charge < -0.3 is 9.15 Å². The van der Waals surface area contributed by atoms with Gasteiger partial charge in [-0.1, -0.05) is 97.1 Å². The van der Waals surface area contributed by atoms with E-state index < -0.39 is 5.41 Å². The van der Waals surface area contributed by atoms with Gasteiger partial charge in [-0.25, -0.2) is 0 Å². The number of rotatable bonds is 5. The maximum Gasteiger partial charge on any atom is 0.134 e. The molecule has 0 aliphatic heterocycles. The van der Waals surface area contributed by atoms with Gasteiger partial charge in [-0.2, -0.15) is 0 Å². The monoisotopic (exact) mass is 390 g/mol. The number of hydrogen-bond donors (Lipinski definition) is 0. The number of hydrogen-bond acceptors (Lipinski definition) is 2. The Bertz CT molecular complexity index is 1200. The van der Waals surface area contributed by atoms with E-state index in [1.54, 1.807) is 7.11 Å². The molecule has 0 unspecified atom stereocenters. The van der Waals surface area contributed by atoms with Crippen molar-refractivity contribution < 1.29 is 9.15 Å². The van der Waals surface area contributed by atoms with Crippen molar-refractivity contribution in [2.24, 2.45) is 0 Å². The molecule has 0 saturated carbocycles. The zero-order chi connectivity index (χ0) is 20.4. The fraction of sp³-hybridized carbons (Fsp3) is 0.0714. The first kappa shape index (κ1) is 18.3. The maximum absolute atomic E-state index is 6.54. The Labute approximate surface area is 176 Å². The highest BCUT2D eigenvalue weighted by atomic mass is 16.5. The van der Waals surface area contributed by atoms with E-state index in [9.17, 15) is 0 Å². The Morgan fingerprint density at radius 3 is 1.83 bits per heavy atom. The van der Waals surface area contributed by atoms with Crippen LogP contribution in [0, 0.1) is 0 Å². The quantitative estimate of drug-likeness (QED) is 0.307. The SMILES string of the molecule is COc1ccccc1C(c1ccccc1)(c1ccccc1)c1cc2ccccc2o1. The molecule has 5 aromatic rings. The summed E-state index contributed by atoms with van der Waals surface area (Å²) in [6, 6.07) is 39.5. The molecule has 0 atom stereocenters. The van der Waals surface area contributed by atoms with Gasteiger partial charge in [0.25, 0.3) is 0 Å². The van der Waals surface area contributed by atoms with Crippen LogP contribution in [0.4, 0.5) is 0 Å². The minimum absolute atomic E-state index is 0.659. The van der Waals surface area contributed by atoms with Gasteiger partial charge in [0.15, 0.2) is 0 Å². The van der Waals surface area contributed by atoms with Gasteiger partial charge in [0.05, 0.1) is 7.11 Å². The van der Waals surface area contributed by atoms with Gasteiger partial charge in [-0.3, -0.25) is 0 Å². The van der Waals surface area contributed by atoms with Crippen molar-refractivity contribution >= 4 is 11.0 Å². The third-order valence-electron chi connectivity index (χ3n) is 5.72.